The summed E-state index contributed by atoms with van der Waals surface area (Å²) in [5.41, 5.74) is 0.523. The SMILES string of the molecule is COc1ccc(NC(=O)NC2C=CC(C(=O)O)C2)cc1Cl. The molecule has 3 N–H and O–H groups in total. The fourth-order valence-electron chi connectivity index (χ4n) is 2.07. The molecule has 7 heteroatoms. The van der Waals surface area contributed by atoms with Gasteiger partial charge in [-0.25, -0.2) is 4.79 Å². The molecule has 0 aliphatic heterocycles. The number of methoxy groups -OCH3 is 1. The van der Waals surface area contributed by atoms with E-state index in [1.807, 2.05) is 0 Å². The molecule has 1 aliphatic rings. The van der Waals surface area contributed by atoms with Crippen LogP contribution < -0.4 is 15.4 Å². The van der Waals surface area contributed by atoms with Crippen LogP contribution in [0.5, 0.6) is 5.75 Å². The number of carbonyl (C=O) groups is 2. The first-order chi connectivity index (χ1) is 9.99. The molecule has 1 aromatic rings. The number of hydrogen-bond donors (Lipinski definition) is 3. The van der Waals surface area contributed by atoms with E-state index in [2.05, 4.69) is 10.6 Å². The van der Waals surface area contributed by atoms with Crippen molar-refractivity contribution in [1.29, 1.82) is 0 Å². The van der Waals surface area contributed by atoms with Gasteiger partial charge in [0.15, 0.2) is 0 Å². The third-order valence-electron chi connectivity index (χ3n) is 3.13. The van der Waals surface area contributed by atoms with Crippen molar-refractivity contribution in [2.45, 2.75) is 12.5 Å². The van der Waals surface area contributed by atoms with Crippen molar-refractivity contribution in [2.75, 3.05) is 12.4 Å². The summed E-state index contributed by atoms with van der Waals surface area (Å²) >= 11 is 5.96. The molecule has 112 valence electrons. The second-order valence-corrected chi connectivity index (χ2v) is 5.03. The Morgan fingerprint density at radius 3 is 2.71 bits per heavy atom. The van der Waals surface area contributed by atoms with Crippen LogP contribution in [0.25, 0.3) is 0 Å². The van der Waals surface area contributed by atoms with Crippen molar-refractivity contribution in [2.24, 2.45) is 5.92 Å². The first kappa shape index (κ1) is 15.2. The Bertz CT molecular complexity index is 588. The van der Waals surface area contributed by atoms with Crippen molar-refractivity contribution in [3.63, 3.8) is 0 Å². The van der Waals surface area contributed by atoms with Gasteiger partial charge in [-0.1, -0.05) is 23.8 Å². The van der Waals surface area contributed by atoms with Gasteiger partial charge in [-0.3, -0.25) is 4.79 Å². The summed E-state index contributed by atoms with van der Waals surface area (Å²) in [5, 5.41) is 14.6. The molecular weight excluding hydrogens is 296 g/mol. The maximum Gasteiger partial charge on any atom is 0.319 e. The largest absolute Gasteiger partial charge is 0.495 e. The zero-order chi connectivity index (χ0) is 15.4. The molecule has 0 spiro atoms. The van der Waals surface area contributed by atoms with Crippen molar-refractivity contribution in [3.05, 3.63) is 35.4 Å². The van der Waals surface area contributed by atoms with E-state index >= 15 is 0 Å². The molecule has 0 radical (unpaired) electrons. The van der Waals surface area contributed by atoms with E-state index < -0.39 is 17.9 Å². The average Bonchev–Trinajstić information content (AvgIpc) is 2.87. The van der Waals surface area contributed by atoms with Crippen LogP contribution in [0.15, 0.2) is 30.4 Å². The number of carboxylic acid groups (broad SMARTS) is 1. The molecule has 21 heavy (non-hydrogen) atoms. The van der Waals surface area contributed by atoms with Crippen LogP contribution in [0.1, 0.15) is 6.42 Å². The van der Waals surface area contributed by atoms with E-state index in [9.17, 15) is 9.59 Å². The van der Waals surface area contributed by atoms with Gasteiger partial charge in [-0.2, -0.15) is 0 Å². The highest BCUT2D eigenvalue weighted by molar-refractivity contribution is 6.32. The maximum absolute atomic E-state index is 11.8. The van der Waals surface area contributed by atoms with Crippen molar-refractivity contribution >= 4 is 29.3 Å². The predicted molar refractivity (Wildman–Crippen MR) is 78.8 cm³/mol. The lowest BCUT2D eigenvalue weighted by atomic mass is 10.1. The molecule has 0 saturated heterocycles. The summed E-state index contributed by atoms with van der Waals surface area (Å²) in [4.78, 5) is 22.6. The summed E-state index contributed by atoms with van der Waals surface area (Å²) in [6.45, 7) is 0. The maximum atomic E-state index is 11.8. The number of carboxylic acids is 1. The first-order valence-electron chi connectivity index (χ1n) is 6.32. The van der Waals surface area contributed by atoms with E-state index in [4.69, 9.17) is 21.4 Å². The normalized spacial score (nSPS) is 20.1. The predicted octanol–water partition coefficient (Wildman–Crippen LogP) is 2.50. The molecule has 2 amide bonds. The Hall–Kier alpha value is -2.21. The van der Waals surface area contributed by atoms with Crippen molar-refractivity contribution in [3.8, 4) is 5.75 Å². The number of carbonyl (C=O) groups excluding carboxylic acids is 1. The average molecular weight is 311 g/mol. The Labute approximate surface area is 126 Å². The van der Waals surface area contributed by atoms with Gasteiger partial charge < -0.3 is 20.5 Å². The lowest BCUT2D eigenvalue weighted by molar-refractivity contribution is -0.140. The molecule has 2 unspecified atom stereocenters. The van der Waals surface area contributed by atoms with Crippen LogP contribution in [0, 0.1) is 5.92 Å². The summed E-state index contributed by atoms with van der Waals surface area (Å²) in [6, 6.07) is 4.17. The molecular formula is C14H15ClN2O4. The van der Waals surface area contributed by atoms with Gasteiger partial charge in [0.2, 0.25) is 0 Å². The number of aliphatic carboxylic acids is 1. The number of urea groups is 1. The van der Waals surface area contributed by atoms with E-state index in [-0.39, 0.29) is 6.04 Å². The second-order valence-electron chi connectivity index (χ2n) is 4.62. The minimum atomic E-state index is -0.891. The Morgan fingerprint density at radius 2 is 2.14 bits per heavy atom. The summed E-state index contributed by atoms with van der Waals surface area (Å²) in [6.07, 6.45) is 3.61. The number of hydrogen-bond acceptors (Lipinski definition) is 3. The molecule has 0 bridgehead atoms. The molecule has 0 aromatic heterocycles. The molecule has 0 heterocycles. The Kier molecular flexibility index (Phi) is 4.70. The minimum absolute atomic E-state index is 0.292. The van der Waals surface area contributed by atoms with Crippen LogP contribution >= 0.6 is 11.6 Å². The molecule has 6 nitrogen and oxygen atoms in total. The molecule has 0 saturated carbocycles. The topological polar surface area (TPSA) is 87.7 Å². The molecule has 0 fully saturated rings. The van der Waals surface area contributed by atoms with Gasteiger partial charge in [-0.05, 0) is 24.6 Å². The summed E-state index contributed by atoms with van der Waals surface area (Å²) in [5.74, 6) is -0.922. The number of benzene rings is 1. The zero-order valence-electron chi connectivity index (χ0n) is 11.3. The number of halogens is 1. The van der Waals surface area contributed by atoms with Gasteiger partial charge in [0, 0.05) is 5.69 Å². The van der Waals surface area contributed by atoms with E-state index in [0.717, 1.165) is 0 Å². The number of ether oxygens (including phenoxy) is 1. The first-order valence-corrected chi connectivity index (χ1v) is 6.69. The van der Waals surface area contributed by atoms with Gasteiger partial charge in [0.25, 0.3) is 0 Å². The molecule has 2 rings (SSSR count). The third kappa shape index (κ3) is 3.88. The van der Waals surface area contributed by atoms with Gasteiger partial charge in [-0.15, -0.1) is 0 Å². The third-order valence-corrected chi connectivity index (χ3v) is 3.42. The Morgan fingerprint density at radius 1 is 1.38 bits per heavy atom. The number of rotatable bonds is 4. The van der Waals surface area contributed by atoms with Crippen molar-refractivity contribution < 1.29 is 19.4 Å². The lowest BCUT2D eigenvalue weighted by Crippen LogP contribution is -2.36. The highest BCUT2D eigenvalue weighted by atomic mass is 35.5. The van der Waals surface area contributed by atoms with Gasteiger partial charge in [0.1, 0.15) is 5.75 Å². The lowest BCUT2D eigenvalue weighted by Gasteiger charge is -2.13. The monoisotopic (exact) mass is 310 g/mol. The standard InChI is InChI=1S/C14H15ClN2O4/c1-21-12-5-4-10(7-11(12)15)17-14(20)16-9-3-2-8(6-9)13(18)19/h2-5,7-9H,6H2,1H3,(H,18,19)(H2,16,17,20). The minimum Gasteiger partial charge on any atom is -0.495 e. The highest BCUT2D eigenvalue weighted by Gasteiger charge is 2.25. The van der Waals surface area contributed by atoms with E-state index in [0.29, 0.717) is 22.9 Å². The highest BCUT2D eigenvalue weighted by Crippen LogP contribution is 2.27. The molecule has 1 aromatic carbocycles. The smallest absolute Gasteiger partial charge is 0.319 e. The summed E-state index contributed by atoms with van der Waals surface area (Å²) in [7, 11) is 1.51. The zero-order valence-corrected chi connectivity index (χ0v) is 12.1. The van der Waals surface area contributed by atoms with Crippen LogP contribution in [-0.2, 0) is 4.79 Å². The van der Waals surface area contributed by atoms with Crippen LogP contribution in [0.2, 0.25) is 5.02 Å². The fourth-order valence-corrected chi connectivity index (χ4v) is 2.33. The van der Waals surface area contributed by atoms with Gasteiger partial charge in [0.05, 0.1) is 24.1 Å². The number of anilines is 1. The second kappa shape index (κ2) is 6.49. The van der Waals surface area contributed by atoms with Crippen molar-refractivity contribution in [1.82, 2.24) is 5.32 Å². The van der Waals surface area contributed by atoms with Crippen LogP contribution in [0.4, 0.5) is 10.5 Å². The Balaban J connectivity index is 1.89. The number of amides is 2. The molecule has 2 atom stereocenters. The van der Waals surface area contributed by atoms with Gasteiger partial charge >= 0.3 is 12.0 Å². The number of nitrogens with one attached hydrogen (secondary N) is 2. The van der Waals surface area contributed by atoms with Crippen LogP contribution in [0.3, 0.4) is 0 Å². The quantitative estimate of drug-likeness (QED) is 0.746. The molecule has 1 aliphatic carbocycles. The fraction of sp³-hybridized carbons (Fsp3) is 0.286. The summed E-state index contributed by atoms with van der Waals surface area (Å²) < 4.78 is 5.02. The van der Waals surface area contributed by atoms with Crippen LogP contribution in [-0.4, -0.2) is 30.3 Å². The van der Waals surface area contributed by atoms with E-state index in [1.54, 1.807) is 30.4 Å². The van der Waals surface area contributed by atoms with E-state index in [1.165, 1.54) is 7.11 Å².